The molecule has 10 heteroatoms. The van der Waals surface area contributed by atoms with E-state index in [1.165, 1.54) is 0 Å². The monoisotopic (exact) mass is 638 g/mol. The van der Waals surface area contributed by atoms with Crippen LogP contribution in [0.25, 0.3) is 33.6 Å². The second-order valence-electron chi connectivity index (χ2n) is 11.5. The molecule has 0 bridgehead atoms. The van der Waals surface area contributed by atoms with Gasteiger partial charge in [-0.1, -0.05) is 41.6 Å². The summed E-state index contributed by atoms with van der Waals surface area (Å²) < 4.78 is 11.1. The first-order valence-electron chi connectivity index (χ1n) is 15.3. The number of thiazole rings is 1. The predicted molar refractivity (Wildman–Crippen MR) is 177 cm³/mol. The number of morpholine rings is 1. The molecule has 230 valence electrons. The zero-order valence-electron chi connectivity index (χ0n) is 25.1. The Morgan fingerprint density at radius 3 is 2.42 bits per heavy atom. The number of amides is 2. The number of aryl methyl sites for hydroxylation is 1. The van der Waals surface area contributed by atoms with Crippen molar-refractivity contribution in [2.24, 2.45) is 0 Å². The number of benzene rings is 2. The minimum atomic E-state index is 0.0390. The number of likely N-dealkylation sites (tertiary alicyclic amines) is 1. The van der Waals surface area contributed by atoms with Gasteiger partial charge in [0.2, 0.25) is 5.91 Å². The first-order chi connectivity index (χ1) is 22.0. The Labute approximate surface area is 270 Å². The van der Waals surface area contributed by atoms with Crippen LogP contribution in [-0.2, 0) is 16.0 Å². The van der Waals surface area contributed by atoms with Crippen molar-refractivity contribution in [2.45, 2.75) is 32.1 Å². The van der Waals surface area contributed by atoms with Crippen LogP contribution in [-0.4, -0.2) is 71.1 Å². The van der Waals surface area contributed by atoms with Crippen molar-refractivity contribution in [3.63, 3.8) is 0 Å². The van der Waals surface area contributed by atoms with Crippen LogP contribution in [0.4, 0.5) is 0 Å². The van der Waals surface area contributed by atoms with Gasteiger partial charge in [-0.15, -0.1) is 22.7 Å². The summed E-state index contributed by atoms with van der Waals surface area (Å²) >= 11 is 3.31. The molecule has 2 fully saturated rings. The van der Waals surface area contributed by atoms with Gasteiger partial charge in [-0.3, -0.25) is 9.59 Å². The maximum Gasteiger partial charge on any atom is 0.254 e. The van der Waals surface area contributed by atoms with E-state index in [0.717, 1.165) is 75.2 Å². The van der Waals surface area contributed by atoms with Gasteiger partial charge in [0.25, 0.3) is 5.91 Å². The van der Waals surface area contributed by atoms with Crippen molar-refractivity contribution < 1.29 is 18.8 Å². The van der Waals surface area contributed by atoms with E-state index in [4.69, 9.17) is 14.2 Å². The van der Waals surface area contributed by atoms with Crippen LogP contribution >= 0.6 is 22.7 Å². The van der Waals surface area contributed by atoms with E-state index < -0.39 is 0 Å². The maximum atomic E-state index is 12.9. The fourth-order valence-electron chi connectivity index (χ4n) is 6.11. The van der Waals surface area contributed by atoms with Gasteiger partial charge < -0.3 is 19.1 Å². The Hall–Kier alpha value is -4.12. The summed E-state index contributed by atoms with van der Waals surface area (Å²) in [6.07, 6.45) is 2.31. The van der Waals surface area contributed by atoms with Crippen LogP contribution in [0.5, 0.6) is 0 Å². The number of hydrogen-bond donors (Lipinski definition) is 0. The van der Waals surface area contributed by atoms with E-state index in [-0.39, 0.29) is 11.8 Å². The summed E-state index contributed by atoms with van der Waals surface area (Å²) in [4.78, 5) is 35.7. The lowest BCUT2D eigenvalue weighted by Crippen LogP contribution is -2.40. The Kier molecular flexibility index (Phi) is 8.60. The molecule has 5 heterocycles. The van der Waals surface area contributed by atoms with Crippen molar-refractivity contribution in [2.75, 3.05) is 39.4 Å². The highest BCUT2D eigenvalue weighted by Gasteiger charge is 2.27. The molecule has 0 spiro atoms. The van der Waals surface area contributed by atoms with E-state index >= 15 is 0 Å². The third kappa shape index (κ3) is 6.36. The molecule has 0 radical (unpaired) electrons. The lowest BCUT2D eigenvalue weighted by atomic mass is 9.97. The van der Waals surface area contributed by atoms with Crippen LogP contribution in [0.2, 0.25) is 0 Å². The molecule has 2 saturated heterocycles. The van der Waals surface area contributed by atoms with Gasteiger partial charge in [0, 0.05) is 53.5 Å². The van der Waals surface area contributed by atoms with Crippen molar-refractivity contribution in [1.82, 2.24) is 19.9 Å². The van der Waals surface area contributed by atoms with Crippen LogP contribution in [0.3, 0.4) is 0 Å². The molecule has 0 saturated carbocycles. The summed E-state index contributed by atoms with van der Waals surface area (Å²) in [7, 11) is 0. The molecule has 2 amide bonds. The molecule has 3 aromatic heterocycles. The fraction of sp³-hybridized carbons (Fsp3) is 0.314. The highest BCUT2D eigenvalue weighted by Crippen LogP contribution is 2.39. The Morgan fingerprint density at radius 1 is 0.889 bits per heavy atom. The molecule has 2 aromatic carbocycles. The van der Waals surface area contributed by atoms with Crippen molar-refractivity contribution >= 4 is 34.5 Å². The molecule has 0 aliphatic carbocycles. The van der Waals surface area contributed by atoms with Gasteiger partial charge in [-0.2, -0.15) is 0 Å². The first kappa shape index (κ1) is 29.6. The standard InChI is InChI=1S/C35H34N4O4S2/c1-23-32(30-22-45-34(36-30)25-11-13-38(14-12-25)31(40)21-29-6-3-19-44-29)33(37-43-23)28-5-2-4-27(20-28)24-7-9-26(10-8-24)35(41)39-15-17-42-18-16-39/h2-10,19-20,22,25H,11-18,21H2,1H3. The summed E-state index contributed by atoms with van der Waals surface area (Å²) in [5, 5.41) is 9.67. The number of carbonyl (C=O) groups is 2. The molecule has 0 unspecified atom stereocenters. The Balaban J connectivity index is 1.05. The minimum Gasteiger partial charge on any atom is -0.378 e. The topological polar surface area (TPSA) is 88.8 Å². The number of piperidine rings is 1. The lowest BCUT2D eigenvalue weighted by Gasteiger charge is -2.31. The zero-order chi connectivity index (χ0) is 30.8. The molecule has 8 nitrogen and oxygen atoms in total. The highest BCUT2D eigenvalue weighted by atomic mass is 32.1. The van der Waals surface area contributed by atoms with E-state index in [1.54, 1.807) is 22.7 Å². The smallest absolute Gasteiger partial charge is 0.254 e. The Bertz CT molecular complexity index is 1780. The van der Waals surface area contributed by atoms with Gasteiger partial charge in [0.05, 0.1) is 35.9 Å². The number of nitrogens with zero attached hydrogens (tertiary/aromatic N) is 4. The molecule has 5 aromatic rings. The summed E-state index contributed by atoms with van der Waals surface area (Å²) in [6.45, 7) is 5.86. The molecule has 45 heavy (non-hydrogen) atoms. The van der Waals surface area contributed by atoms with Crippen LogP contribution in [0.1, 0.15) is 44.8 Å². The second kappa shape index (κ2) is 13.1. The summed E-state index contributed by atoms with van der Waals surface area (Å²) in [5.41, 5.74) is 6.22. The van der Waals surface area contributed by atoms with Gasteiger partial charge in [-0.05, 0) is 60.5 Å². The maximum absolute atomic E-state index is 12.9. The van der Waals surface area contributed by atoms with Crippen LogP contribution in [0, 0.1) is 6.92 Å². The van der Waals surface area contributed by atoms with Crippen LogP contribution in [0.15, 0.2) is 75.9 Å². The number of rotatable bonds is 7. The molecular weight excluding hydrogens is 605 g/mol. The molecule has 0 atom stereocenters. The van der Waals surface area contributed by atoms with Crippen LogP contribution < -0.4 is 0 Å². The highest BCUT2D eigenvalue weighted by molar-refractivity contribution is 7.10. The predicted octanol–water partition coefficient (Wildman–Crippen LogP) is 6.92. The average molecular weight is 639 g/mol. The number of carbonyl (C=O) groups excluding carboxylic acids is 2. The minimum absolute atomic E-state index is 0.0390. The van der Waals surface area contributed by atoms with Gasteiger partial charge in [-0.25, -0.2) is 4.98 Å². The summed E-state index contributed by atoms with van der Waals surface area (Å²) in [5.74, 6) is 1.31. The molecule has 7 rings (SSSR count). The normalized spacial score (nSPS) is 15.8. The first-order valence-corrected chi connectivity index (χ1v) is 17.1. The lowest BCUT2D eigenvalue weighted by molar-refractivity contribution is -0.131. The Morgan fingerprint density at radius 2 is 1.67 bits per heavy atom. The fourth-order valence-corrected chi connectivity index (χ4v) is 7.79. The number of hydrogen-bond acceptors (Lipinski definition) is 8. The third-order valence-corrected chi connectivity index (χ3v) is 10.5. The molecule has 2 aliphatic rings. The molecule has 0 N–H and O–H groups in total. The third-order valence-electron chi connectivity index (χ3n) is 8.64. The van der Waals surface area contributed by atoms with Gasteiger partial charge >= 0.3 is 0 Å². The van der Waals surface area contributed by atoms with E-state index in [0.29, 0.717) is 44.2 Å². The van der Waals surface area contributed by atoms with Gasteiger partial charge in [0.1, 0.15) is 11.5 Å². The molecule has 2 aliphatic heterocycles. The number of ether oxygens (including phenoxy) is 1. The van der Waals surface area contributed by atoms with Crippen molar-refractivity contribution in [3.8, 4) is 33.6 Å². The van der Waals surface area contributed by atoms with E-state index in [9.17, 15) is 9.59 Å². The average Bonchev–Trinajstić information content (AvgIpc) is 3.87. The zero-order valence-corrected chi connectivity index (χ0v) is 26.7. The van der Waals surface area contributed by atoms with Crippen molar-refractivity contribution in [1.29, 1.82) is 0 Å². The van der Waals surface area contributed by atoms with E-state index in [2.05, 4.69) is 22.7 Å². The second-order valence-corrected chi connectivity index (χ2v) is 13.4. The van der Waals surface area contributed by atoms with Gasteiger partial charge in [0.15, 0.2) is 0 Å². The van der Waals surface area contributed by atoms with Crippen molar-refractivity contribution in [3.05, 3.63) is 92.6 Å². The number of aromatic nitrogens is 2. The largest absolute Gasteiger partial charge is 0.378 e. The van der Waals surface area contributed by atoms with E-state index in [1.807, 2.05) is 70.6 Å². The summed E-state index contributed by atoms with van der Waals surface area (Å²) in [6, 6.07) is 20.0. The quantitative estimate of drug-likeness (QED) is 0.192. The number of thiophene rings is 1. The SMILES string of the molecule is Cc1onc(-c2cccc(-c3ccc(C(=O)N4CCOCC4)cc3)c2)c1-c1csc(C2CCN(C(=O)Cc3cccs3)CC2)n1. The molecular formula is C35H34N4O4S2.